The molecule has 2 fully saturated rings. The summed E-state index contributed by atoms with van der Waals surface area (Å²) in [5, 5.41) is 26.1. The smallest absolute Gasteiger partial charge is 0.410 e. The van der Waals surface area contributed by atoms with Crippen LogP contribution in [0.3, 0.4) is 0 Å². The van der Waals surface area contributed by atoms with Crippen LogP contribution >= 0.6 is 22.9 Å². The number of aliphatic hydroxyl groups excluding tert-OH is 1. The minimum absolute atomic E-state index is 0.0308. The van der Waals surface area contributed by atoms with Gasteiger partial charge in [0.1, 0.15) is 47.9 Å². The van der Waals surface area contributed by atoms with Gasteiger partial charge in [-0.15, -0.1) is 11.3 Å². The summed E-state index contributed by atoms with van der Waals surface area (Å²) in [6.07, 6.45) is 0.467. The monoisotopic (exact) mass is 1050 g/mol. The molecule has 2 heterocycles. The number of unbranched alkanes of at least 4 members (excludes halogenated alkanes) is 2. The lowest BCUT2D eigenvalue weighted by Gasteiger charge is -2.63. The fourth-order valence-corrected chi connectivity index (χ4v) is 11.4. The largest absolute Gasteiger partial charge is 0.494 e. The van der Waals surface area contributed by atoms with Crippen LogP contribution in [0.5, 0.6) is 11.5 Å². The summed E-state index contributed by atoms with van der Waals surface area (Å²) < 4.78 is 18.1. The number of thiazole rings is 1. The second kappa shape index (κ2) is 23.7. The standard InChI is InChI=1S/C57H73ClN6O9S/c1-35-48(74-34-61-35)38-17-15-36(16-18-38)31-60-50(68)44-27-40(65)32-64(44)51(69)49(54(2,3)4)62-47(67)33-63(53(70)73-55(5,6)7)25-13-12-14-26-71-41-22-19-37(20-23-41)45(66)29-46-56(8,9)52(57(46,10)11)72-42-24-21-39(30-59)43(58)28-42/h15-24,28,34,40,44,46,49,52,65H,12-14,25-27,29,31-33H2,1-11H3,(H,60,68)(H,62,67)/t40-,44+,46?,49-,52?/m1/s1. The number of ether oxygens (including phenoxy) is 3. The normalized spacial score (nSPS) is 19.3. The van der Waals surface area contributed by atoms with Gasteiger partial charge in [-0.25, -0.2) is 9.78 Å². The number of carbonyl (C=O) groups is 5. The van der Waals surface area contributed by atoms with Crippen molar-refractivity contribution in [3.8, 4) is 28.0 Å². The van der Waals surface area contributed by atoms with Crippen LogP contribution in [-0.4, -0.2) is 106 Å². The number of nitrogens with one attached hydrogen (secondary N) is 2. The summed E-state index contributed by atoms with van der Waals surface area (Å²) in [7, 11) is 0. The van der Waals surface area contributed by atoms with Gasteiger partial charge in [-0.3, -0.25) is 24.1 Å². The molecule has 0 spiro atoms. The first-order chi connectivity index (χ1) is 34.7. The Kier molecular flexibility index (Phi) is 18.3. The Morgan fingerprint density at radius 1 is 0.946 bits per heavy atom. The molecule has 1 saturated carbocycles. The van der Waals surface area contributed by atoms with E-state index in [4.69, 9.17) is 25.8 Å². The number of ketones is 1. The number of aryl methyl sites for hydroxylation is 1. The number of nitrogens with zero attached hydrogens (tertiary/aromatic N) is 4. The lowest BCUT2D eigenvalue weighted by atomic mass is 9.44. The van der Waals surface area contributed by atoms with Crippen molar-refractivity contribution in [1.29, 1.82) is 5.26 Å². The molecule has 4 aromatic rings. The lowest BCUT2D eigenvalue weighted by Crippen LogP contribution is -2.66. The minimum atomic E-state index is -1.08. The van der Waals surface area contributed by atoms with Crippen LogP contribution in [0, 0.1) is 40.4 Å². The second-order valence-electron chi connectivity index (χ2n) is 22.9. The third-order valence-electron chi connectivity index (χ3n) is 14.1. The molecule has 0 radical (unpaired) electrons. The second-order valence-corrected chi connectivity index (χ2v) is 24.1. The molecule has 2 aliphatic rings. The number of nitriles is 1. The highest BCUT2D eigenvalue weighted by atomic mass is 35.5. The molecule has 17 heteroatoms. The van der Waals surface area contributed by atoms with Crippen LogP contribution in [0.1, 0.15) is 129 Å². The zero-order valence-electron chi connectivity index (χ0n) is 44.7. The van der Waals surface area contributed by atoms with Gasteiger partial charge < -0.3 is 34.9 Å². The van der Waals surface area contributed by atoms with Crippen molar-refractivity contribution in [2.45, 2.75) is 145 Å². The highest BCUT2D eigenvalue weighted by molar-refractivity contribution is 7.13. The van der Waals surface area contributed by atoms with E-state index >= 15 is 0 Å². The fraction of sp³-hybridized carbons (Fsp3) is 0.526. The van der Waals surface area contributed by atoms with E-state index in [-0.39, 0.29) is 61.2 Å². The Morgan fingerprint density at radius 2 is 1.61 bits per heavy atom. The maximum absolute atomic E-state index is 14.3. The first-order valence-corrected chi connectivity index (χ1v) is 26.6. The first kappa shape index (κ1) is 57.3. The molecule has 1 saturated heterocycles. The minimum Gasteiger partial charge on any atom is -0.494 e. The maximum atomic E-state index is 14.3. The highest BCUT2D eigenvalue weighted by Gasteiger charge is 2.63. The van der Waals surface area contributed by atoms with Crippen LogP contribution in [0.25, 0.3) is 10.4 Å². The number of aliphatic hydroxyl groups is 1. The van der Waals surface area contributed by atoms with Gasteiger partial charge in [0.05, 0.1) is 39.4 Å². The number of amides is 4. The number of Topliss-reactive ketones (excluding diaryl/α,β-unsaturated/α-hetero) is 1. The van der Waals surface area contributed by atoms with Gasteiger partial charge in [0.25, 0.3) is 0 Å². The van der Waals surface area contributed by atoms with E-state index in [1.54, 1.807) is 101 Å². The highest BCUT2D eigenvalue weighted by Crippen LogP contribution is 2.62. The van der Waals surface area contributed by atoms with Gasteiger partial charge in [0.15, 0.2) is 5.78 Å². The number of hydrogen-bond acceptors (Lipinski definition) is 12. The molecule has 3 atom stereocenters. The number of likely N-dealkylation sites (tertiary alicyclic amines) is 1. The molecular formula is C57H73ClN6O9S. The zero-order chi connectivity index (χ0) is 54.3. The number of β-amino-alcohol motifs (C(OH)–C–C–N with tert-alkyl or cyclic N) is 1. The van der Waals surface area contributed by atoms with Crippen molar-refractivity contribution in [2.75, 3.05) is 26.2 Å². The molecule has 398 valence electrons. The maximum Gasteiger partial charge on any atom is 0.410 e. The summed E-state index contributed by atoms with van der Waals surface area (Å²) in [6.45, 7) is 21.4. The number of benzene rings is 3. The van der Waals surface area contributed by atoms with E-state index in [1.807, 2.05) is 31.2 Å². The third-order valence-corrected chi connectivity index (χ3v) is 15.4. The Balaban J connectivity index is 0.975. The van der Waals surface area contributed by atoms with E-state index in [0.29, 0.717) is 59.9 Å². The molecule has 0 unspecified atom stereocenters. The number of rotatable bonds is 20. The SMILES string of the molecule is Cc1ncsc1-c1ccc(CNC(=O)[C@@H]2C[C@@H](O)CN2C(=O)[C@@H](NC(=O)CN(CCCCCOc2ccc(C(=O)CC3C(C)(C)C(Oc4ccc(C#N)c(Cl)c4)C3(C)C)cc2)C(=O)OC(C)(C)C)C(C)(C)C)cc1. The molecule has 1 aliphatic carbocycles. The molecule has 1 aromatic heterocycles. The van der Waals surface area contributed by atoms with Gasteiger partial charge in [-0.05, 0) is 106 Å². The molecular weight excluding hydrogens is 980 g/mol. The summed E-state index contributed by atoms with van der Waals surface area (Å²) in [5.41, 5.74) is 3.38. The number of halogens is 1. The molecule has 15 nitrogen and oxygen atoms in total. The topological polar surface area (TPSA) is 200 Å². The average molecular weight is 1050 g/mol. The summed E-state index contributed by atoms with van der Waals surface area (Å²) >= 11 is 7.82. The van der Waals surface area contributed by atoms with Gasteiger partial charge in [-0.1, -0.05) is 84.3 Å². The molecule has 1 aliphatic heterocycles. The van der Waals surface area contributed by atoms with E-state index in [0.717, 1.165) is 21.7 Å². The zero-order valence-corrected chi connectivity index (χ0v) is 46.2. The molecule has 4 amide bonds. The molecule has 6 rings (SSSR count). The number of aromatic nitrogens is 1. The van der Waals surface area contributed by atoms with Gasteiger partial charge in [0.2, 0.25) is 17.7 Å². The van der Waals surface area contributed by atoms with Crippen molar-refractivity contribution < 1.29 is 43.3 Å². The summed E-state index contributed by atoms with van der Waals surface area (Å²) in [4.78, 5) is 76.9. The Labute approximate surface area is 445 Å². The predicted octanol–water partition coefficient (Wildman–Crippen LogP) is 9.94. The van der Waals surface area contributed by atoms with E-state index < -0.39 is 53.0 Å². The molecule has 0 bridgehead atoms. The van der Waals surface area contributed by atoms with Crippen LogP contribution < -0.4 is 20.1 Å². The first-order valence-electron chi connectivity index (χ1n) is 25.3. The Hall–Kier alpha value is -6.02. The predicted molar refractivity (Wildman–Crippen MR) is 286 cm³/mol. The number of carbonyl (C=O) groups excluding carboxylic acids is 5. The van der Waals surface area contributed by atoms with E-state index in [2.05, 4.69) is 49.4 Å². The Morgan fingerprint density at radius 3 is 2.20 bits per heavy atom. The number of hydrogen-bond donors (Lipinski definition) is 3. The van der Waals surface area contributed by atoms with Crippen molar-refractivity contribution in [3.05, 3.63) is 99.6 Å². The van der Waals surface area contributed by atoms with Crippen molar-refractivity contribution in [2.24, 2.45) is 22.2 Å². The van der Waals surface area contributed by atoms with Gasteiger partial charge >= 0.3 is 6.09 Å². The van der Waals surface area contributed by atoms with Gasteiger partial charge in [-0.2, -0.15) is 5.26 Å². The van der Waals surface area contributed by atoms with Crippen LogP contribution in [0.4, 0.5) is 4.79 Å². The van der Waals surface area contributed by atoms with E-state index in [9.17, 15) is 34.3 Å². The van der Waals surface area contributed by atoms with Crippen LogP contribution in [0.15, 0.2) is 72.2 Å². The van der Waals surface area contributed by atoms with Crippen molar-refractivity contribution in [1.82, 2.24) is 25.4 Å². The van der Waals surface area contributed by atoms with Gasteiger partial charge in [0, 0.05) is 54.9 Å². The Bertz CT molecular complexity index is 2670. The fourth-order valence-electron chi connectivity index (χ4n) is 10.3. The lowest BCUT2D eigenvalue weighted by molar-refractivity contribution is -0.196. The summed E-state index contributed by atoms with van der Waals surface area (Å²) in [5.74, 6) is -0.205. The third kappa shape index (κ3) is 14.2. The quantitative estimate of drug-likeness (QED) is 0.0562. The molecule has 3 aromatic carbocycles. The average Bonchev–Trinajstić information content (AvgIpc) is 3.95. The summed E-state index contributed by atoms with van der Waals surface area (Å²) in [6, 6.07) is 20.0. The van der Waals surface area contributed by atoms with Crippen molar-refractivity contribution >= 4 is 52.5 Å². The molecule has 3 N–H and O–H groups in total. The van der Waals surface area contributed by atoms with Crippen LogP contribution in [-0.2, 0) is 25.7 Å². The van der Waals surface area contributed by atoms with Crippen molar-refractivity contribution in [3.63, 3.8) is 0 Å². The van der Waals surface area contributed by atoms with Crippen LogP contribution in [0.2, 0.25) is 5.02 Å². The molecule has 74 heavy (non-hydrogen) atoms. The van der Waals surface area contributed by atoms with E-state index in [1.165, 1.54) is 9.80 Å².